The number of amides is 1. The van der Waals surface area contributed by atoms with Crippen LogP contribution in [0.2, 0.25) is 0 Å². The van der Waals surface area contributed by atoms with Crippen LogP contribution in [-0.4, -0.2) is 41.5 Å². The second kappa shape index (κ2) is 9.32. The molecule has 3 rings (SSSR count). The zero-order chi connectivity index (χ0) is 15.5. The lowest BCUT2D eigenvalue weighted by Gasteiger charge is -2.31. The number of carbonyl (C=O) groups is 1. The Morgan fingerprint density at radius 1 is 1.38 bits per heavy atom. The fraction of sp³-hybridized carbons (Fsp3) is 0.375. The third-order valence-corrected chi connectivity index (χ3v) is 4.54. The lowest BCUT2D eigenvalue weighted by atomic mass is 10.1. The van der Waals surface area contributed by atoms with E-state index in [1.54, 1.807) is 12.1 Å². The summed E-state index contributed by atoms with van der Waals surface area (Å²) < 4.78 is 12.9. The van der Waals surface area contributed by atoms with Crippen molar-refractivity contribution in [3.8, 4) is 0 Å². The minimum Gasteiger partial charge on any atom is -0.334 e. The molecule has 1 aliphatic heterocycles. The van der Waals surface area contributed by atoms with E-state index in [4.69, 9.17) is 0 Å². The molecular formula is C16H20Cl2FN3OS. The summed E-state index contributed by atoms with van der Waals surface area (Å²) >= 11 is 1.47. The van der Waals surface area contributed by atoms with Gasteiger partial charge in [0.2, 0.25) is 0 Å². The van der Waals surface area contributed by atoms with Crippen LogP contribution in [0, 0.1) is 5.82 Å². The largest absolute Gasteiger partial charge is 0.334 e. The Morgan fingerprint density at radius 2 is 2.08 bits per heavy atom. The van der Waals surface area contributed by atoms with Crippen LogP contribution < -0.4 is 5.32 Å². The van der Waals surface area contributed by atoms with Gasteiger partial charge < -0.3 is 10.2 Å². The first-order valence-corrected chi connectivity index (χ1v) is 8.21. The van der Waals surface area contributed by atoms with Crippen LogP contribution in [0.15, 0.2) is 29.6 Å². The van der Waals surface area contributed by atoms with Crippen molar-refractivity contribution in [3.05, 3.63) is 51.7 Å². The van der Waals surface area contributed by atoms with Crippen LogP contribution in [0.1, 0.15) is 28.0 Å². The fourth-order valence-corrected chi connectivity index (χ4v) is 3.35. The van der Waals surface area contributed by atoms with E-state index >= 15 is 0 Å². The van der Waals surface area contributed by atoms with Gasteiger partial charge in [-0.25, -0.2) is 9.37 Å². The van der Waals surface area contributed by atoms with Gasteiger partial charge >= 0.3 is 0 Å². The standard InChI is InChI=1S/C16H18FN3OS.2ClH/c1-11-9-20(7-6-18-11)16(21)14-10-22-15(19-14)8-12-2-4-13(17)5-3-12;;/h2-5,10-11,18H,6-9H2,1H3;2*1H. The molecule has 2 aromatic rings. The number of nitrogens with one attached hydrogen (secondary N) is 1. The molecule has 1 unspecified atom stereocenters. The van der Waals surface area contributed by atoms with E-state index in [0.29, 0.717) is 31.2 Å². The van der Waals surface area contributed by atoms with E-state index in [1.807, 2.05) is 10.3 Å². The molecular weight excluding hydrogens is 372 g/mol. The molecule has 1 N–H and O–H groups in total. The summed E-state index contributed by atoms with van der Waals surface area (Å²) in [6.45, 7) is 4.32. The number of thiazole rings is 1. The zero-order valence-electron chi connectivity index (χ0n) is 13.2. The number of hydrogen-bond donors (Lipinski definition) is 1. The molecule has 4 nitrogen and oxygen atoms in total. The van der Waals surface area contributed by atoms with E-state index in [9.17, 15) is 9.18 Å². The Kier molecular flexibility index (Phi) is 8.09. The maximum Gasteiger partial charge on any atom is 0.273 e. The number of aromatic nitrogens is 1. The Morgan fingerprint density at radius 3 is 2.75 bits per heavy atom. The number of rotatable bonds is 3. The highest BCUT2D eigenvalue weighted by Gasteiger charge is 2.23. The van der Waals surface area contributed by atoms with Crippen LogP contribution >= 0.6 is 36.2 Å². The van der Waals surface area contributed by atoms with Crippen LogP contribution in [0.5, 0.6) is 0 Å². The fourth-order valence-electron chi connectivity index (χ4n) is 2.55. The third kappa shape index (κ3) is 5.14. The first-order valence-electron chi connectivity index (χ1n) is 7.33. The quantitative estimate of drug-likeness (QED) is 0.873. The van der Waals surface area contributed by atoms with Gasteiger partial charge in [-0.15, -0.1) is 36.2 Å². The predicted molar refractivity (Wildman–Crippen MR) is 99.2 cm³/mol. The van der Waals surface area contributed by atoms with Crippen molar-refractivity contribution >= 4 is 42.1 Å². The van der Waals surface area contributed by atoms with Crippen molar-refractivity contribution in [2.24, 2.45) is 0 Å². The monoisotopic (exact) mass is 391 g/mol. The van der Waals surface area contributed by atoms with E-state index < -0.39 is 0 Å². The molecule has 0 spiro atoms. The number of piperazine rings is 1. The van der Waals surface area contributed by atoms with Gasteiger partial charge in [0.25, 0.3) is 5.91 Å². The molecule has 1 amide bonds. The van der Waals surface area contributed by atoms with Gasteiger partial charge in [0.1, 0.15) is 11.5 Å². The first-order chi connectivity index (χ1) is 10.6. The molecule has 24 heavy (non-hydrogen) atoms. The van der Waals surface area contributed by atoms with Crippen LogP contribution in [-0.2, 0) is 6.42 Å². The summed E-state index contributed by atoms with van der Waals surface area (Å²) in [6.07, 6.45) is 0.621. The minimum atomic E-state index is -0.244. The zero-order valence-corrected chi connectivity index (χ0v) is 15.6. The molecule has 132 valence electrons. The lowest BCUT2D eigenvalue weighted by molar-refractivity contribution is 0.0704. The summed E-state index contributed by atoms with van der Waals surface area (Å²) in [6, 6.07) is 6.69. The highest BCUT2D eigenvalue weighted by molar-refractivity contribution is 7.09. The summed E-state index contributed by atoms with van der Waals surface area (Å²) in [7, 11) is 0. The number of benzene rings is 1. The smallest absolute Gasteiger partial charge is 0.273 e. The Hall–Kier alpha value is -1.21. The van der Waals surface area contributed by atoms with Crippen molar-refractivity contribution in [2.75, 3.05) is 19.6 Å². The minimum absolute atomic E-state index is 0. The molecule has 1 fully saturated rings. The highest BCUT2D eigenvalue weighted by Crippen LogP contribution is 2.17. The number of carbonyl (C=O) groups excluding carboxylic acids is 1. The molecule has 8 heteroatoms. The van der Waals surface area contributed by atoms with E-state index in [2.05, 4.69) is 17.2 Å². The van der Waals surface area contributed by atoms with Crippen LogP contribution in [0.3, 0.4) is 0 Å². The molecule has 1 aliphatic rings. The van der Waals surface area contributed by atoms with Gasteiger partial charge in [-0.05, 0) is 24.6 Å². The van der Waals surface area contributed by atoms with E-state index in [0.717, 1.165) is 17.1 Å². The molecule has 1 aromatic heterocycles. The van der Waals surface area contributed by atoms with Crippen LogP contribution in [0.4, 0.5) is 4.39 Å². The van der Waals surface area contributed by atoms with Gasteiger partial charge in [-0.2, -0.15) is 0 Å². The van der Waals surface area contributed by atoms with Crippen molar-refractivity contribution in [1.82, 2.24) is 15.2 Å². The van der Waals surface area contributed by atoms with Crippen molar-refractivity contribution in [3.63, 3.8) is 0 Å². The summed E-state index contributed by atoms with van der Waals surface area (Å²) in [5.74, 6) is -0.249. The Bertz CT molecular complexity index is 666. The molecule has 0 aliphatic carbocycles. The van der Waals surface area contributed by atoms with Gasteiger partial charge in [-0.3, -0.25) is 4.79 Å². The van der Waals surface area contributed by atoms with Crippen molar-refractivity contribution < 1.29 is 9.18 Å². The van der Waals surface area contributed by atoms with Gasteiger partial charge in [0.05, 0.1) is 5.01 Å². The summed E-state index contributed by atoms with van der Waals surface area (Å²) in [4.78, 5) is 18.7. The molecule has 1 atom stereocenters. The molecule has 0 bridgehead atoms. The Labute approximate surface area is 157 Å². The first kappa shape index (κ1) is 20.8. The highest BCUT2D eigenvalue weighted by atomic mass is 35.5. The van der Waals surface area contributed by atoms with Crippen molar-refractivity contribution in [1.29, 1.82) is 0 Å². The average Bonchev–Trinajstić information content (AvgIpc) is 2.97. The molecule has 0 saturated carbocycles. The lowest BCUT2D eigenvalue weighted by Crippen LogP contribution is -2.51. The SMILES string of the molecule is CC1CN(C(=O)c2csc(Cc3ccc(F)cc3)n2)CCN1.Cl.Cl. The average molecular weight is 392 g/mol. The summed E-state index contributed by atoms with van der Waals surface area (Å²) in [5.41, 5.74) is 1.50. The second-order valence-electron chi connectivity index (χ2n) is 5.54. The number of nitrogens with zero attached hydrogens (tertiary/aromatic N) is 2. The van der Waals surface area contributed by atoms with E-state index in [-0.39, 0.29) is 36.5 Å². The van der Waals surface area contributed by atoms with Gasteiger partial charge in [0, 0.05) is 37.5 Å². The van der Waals surface area contributed by atoms with Gasteiger partial charge in [0.15, 0.2) is 0 Å². The van der Waals surface area contributed by atoms with E-state index in [1.165, 1.54) is 23.5 Å². The van der Waals surface area contributed by atoms with Crippen molar-refractivity contribution in [2.45, 2.75) is 19.4 Å². The van der Waals surface area contributed by atoms with Gasteiger partial charge in [-0.1, -0.05) is 12.1 Å². The normalized spacial score (nSPS) is 16.9. The number of hydrogen-bond acceptors (Lipinski definition) is 4. The maximum atomic E-state index is 12.9. The Balaban J connectivity index is 0.00000144. The maximum absolute atomic E-state index is 12.9. The second-order valence-corrected chi connectivity index (χ2v) is 6.48. The third-order valence-electron chi connectivity index (χ3n) is 3.70. The summed E-state index contributed by atoms with van der Waals surface area (Å²) in [5, 5.41) is 6.01. The topological polar surface area (TPSA) is 45.2 Å². The van der Waals surface area contributed by atoms with Crippen LogP contribution in [0.25, 0.3) is 0 Å². The predicted octanol–water partition coefficient (Wildman–Crippen LogP) is 3.15. The number of halogens is 3. The molecule has 0 radical (unpaired) electrons. The molecule has 1 saturated heterocycles. The molecule has 1 aromatic carbocycles. The molecule has 2 heterocycles.